The third kappa shape index (κ3) is 5.58. The van der Waals surface area contributed by atoms with E-state index in [0.717, 1.165) is 5.56 Å². The average Bonchev–Trinajstić information content (AvgIpc) is 2.45. The number of amides is 1. The van der Waals surface area contributed by atoms with E-state index >= 15 is 0 Å². The maximum Gasteiger partial charge on any atom is 0.269 e. The second-order valence-corrected chi connectivity index (χ2v) is 5.48. The molecule has 110 valence electrons. The first-order valence-electron chi connectivity index (χ1n) is 6.16. The maximum atomic E-state index is 11.5. The highest BCUT2D eigenvalue weighted by atomic mass is 32.2. The molecule has 1 N–H and O–H groups in total. The summed E-state index contributed by atoms with van der Waals surface area (Å²) in [6, 6.07) is 6.48. The Kier molecular flexibility index (Phi) is 7.03. The van der Waals surface area contributed by atoms with E-state index in [1.807, 2.05) is 13.0 Å². The normalized spacial score (nSPS) is 11.9. The Hall–Kier alpha value is -1.60. The summed E-state index contributed by atoms with van der Waals surface area (Å²) in [4.78, 5) is 21.8. The van der Waals surface area contributed by atoms with E-state index in [2.05, 4.69) is 5.32 Å². The number of rotatable bonds is 8. The first kappa shape index (κ1) is 16.5. The predicted octanol–water partition coefficient (Wildman–Crippen LogP) is 2.15. The topological polar surface area (TPSA) is 81.5 Å². The summed E-state index contributed by atoms with van der Waals surface area (Å²) in [5.74, 6) is 0.248. The van der Waals surface area contributed by atoms with Crippen LogP contribution in [0.15, 0.2) is 24.3 Å². The number of thioether (sulfide) groups is 1. The zero-order valence-electron chi connectivity index (χ0n) is 11.5. The van der Waals surface area contributed by atoms with Gasteiger partial charge in [-0.3, -0.25) is 14.9 Å². The SMILES string of the molecule is COCCNC(=O)CSC(C)c1cccc([N+](=O)[O-])c1. The van der Waals surface area contributed by atoms with E-state index < -0.39 is 4.92 Å². The molecule has 1 unspecified atom stereocenters. The molecule has 0 aliphatic rings. The molecule has 20 heavy (non-hydrogen) atoms. The highest BCUT2D eigenvalue weighted by molar-refractivity contribution is 8.00. The van der Waals surface area contributed by atoms with Crippen molar-refractivity contribution in [2.24, 2.45) is 0 Å². The number of non-ortho nitro benzene ring substituents is 1. The van der Waals surface area contributed by atoms with Gasteiger partial charge in [-0.15, -0.1) is 11.8 Å². The molecule has 0 spiro atoms. The third-order valence-corrected chi connectivity index (χ3v) is 3.84. The van der Waals surface area contributed by atoms with Crippen molar-refractivity contribution >= 4 is 23.4 Å². The minimum atomic E-state index is -0.418. The van der Waals surface area contributed by atoms with Gasteiger partial charge < -0.3 is 10.1 Å². The molecule has 0 heterocycles. The fraction of sp³-hybridized carbons (Fsp3) is 0.462. The Balaban J connectivity index is 2.46. The molecule has 1 aromatic carbocycles. The van der Waals surface area contributed by atoms with Gasteiger partial charge in [0.15, 0.2) is 0 Å². The van der Waals surface area contributed by atoms with E-state index in [-0.39, 0.29) is 16.8 Å². The molecule has 0 radical (unpaired) electrons. The van der Waals surface area contributed by atoms with Crippen LogP contribution in [0.2, 0.25) is 0 Å². The molecule has 0 aliphatic carbocycles. The van der Waals surface area contributed by atoms with Crippen molar-refractivity contribution in [3.8, 4) is 0 Å². The van der Waals surface area contributed by atoms with E-state index in [9.17, 15) is 14.9 Å². The molecule has 1 rings (SSSR count). The number of nitro benzene ring substituents is 1. The van der Waals surface area contributed by atoms with Gasteiger partial charge in [0, 0.05) is 31.0 Å². The monoisotopic (exact) mass is 298 g/mol. The number of hydrogen-bond acceptors (Lipinski definition) is 5. The molecule has 1 amide bonds. The number of hydrogen-bond donors (Lipinski definition) is 1. The first-order valence-corrected chi connectivity index (χ1v) is 7.21. The molecule has 6 nitrogen and oxygen atoms in total. The number of ether oxygens (including phenoxy) is 1. The fourth-order valence-electron chi connectivity index (χ4n) is 1.53. The number of methoxy groups -OCH3 is 1. The highest BCUT2D eigenvalue weighted by Crippen LogP contribution is 2.29. The number of nitro groups is 1. The van der Waals surface area contributed by atoms with E-state index in [1.54, 1.807) is 19.2 Å². The lowest BCUT2D eigenvalue weighted by atomic mass is 10.1. The summed E-state index contributed by atoms with van der Waals surface area (Å²) in [6.45, 7) is 2.89. The predicted molar refractivity (Wildman–Crippen MR) is 78.9 cm³/mol. The summed E-state index contributed by atoms with van der Waals surface area (Å²) in [7, 11) is 1.57. The van der Waals surface area contributed by atoms with Gasteiger partial charge in [0.1, 0.15) is 0 Å². The summed E-state index contributed by atoms with van der Waals surface area (Å²) in [6.07, 6.45) is 0. The van der Waals surface area contributed by atoms with Crippen LogP contribution in [0.5, 0.6) is 0 Å². The number of benzene rings is 1. The Morgan fingerprint density at radius 1 is 1.55 bits per heavy atom. The Labute approximate surface area is 122 Å². The van der Waals surface area contributed by atoms with E-state index in [1.165, 1.54) is 17.8 Å². The lowest BCUT2D eigenvalue weighted by molar-refractivity contribution is -0.384. The lowest BCUT2D eigenvalue weighted by Gasteiger charge is -2.11. The Morgan fingerprint density at radius 2 is 2.30 bits per heavy atom. The fourth-order valence-corrected chi connectivity index (χ4v) is 2.37. The molecule has 0 bridgehead atoms. The van der Waals surface area contributed by atoms with Crippen LogP contribution in [-0.4, -0.2) is 36.8 Å². The zero-order valence-corrected chi connectivity index (χ0v) is 12.3. The van der Waals surface area contributed by atoms with Crippen LogP contribution < -0.4 is 5.32 Å². The molecule has 0 aromatic heterocycles. The molecular formula is C13H18N2O4S. The van der Waals surface area contributed by atoms with Gasteiger partial charge in [-0.1, -0.05) is 12.1 Å². The van der Waals surface area contributed by atoms with Gasteiger partial charge in [0.25, 0.3) is 5.69 Å². The number of carbonyl (C=O) groups is 1. The second kappa shape index (κ2) is 8.55. The molecule has 1 atom stereocenters. The van der Waals surface area contributed by atoms with Crippen molar-refractivity contribution in [2.75, 3.05) is 26.0 Å². The van der Waals surface area contributed by atoms with Crippen LogP contribution in [0.1, 0.15) is 17.7 Å². The Morgan fingerprint density at radius 3 is 2.95 bits per heavy atom. The first-order chi connectivity index (χ1) is 9.54. The van der Waals surface area contributed by atoms with Crippen LogP contribution >= 0.6 is 11.8 Å². The zero-order chi connectivity index (χ0) is 15.0. The maximum absolute atomic E-state index is 11.5. The van der Waals surface area contributed by atoms with Gasteiger partial charge >= 0.3 is 0 Å². The minimum Gasteiger partial charge on any atom is -0.383 e. The van der Waals surface area contributed by atoms with Crippen LogP contribution in [0.25, 0.3) is 0 Å². The number of nitrogens with zero attached hydrogens (tertiary/aromatic N) is 1. The summed E-state index contributed by atoms with van der Waals surface area (Å²) >= 11 is 1.44. The quantitative estimate of drug-likeness (QED) is 0.452. The molecule has 0 saturated carbocycles. The largest absolute Gasteiger partial charge is 0.383 e. The summed E-state index contributed by atoms with van der Waals surface area (Å²) in [5, 5.41) is 13.5. The van der Waals surface area contributed by atoms with Gasteiger partial charge in [0.05, 0.1) is 17.3 Å². The van der Waals surface area contributed by atoms with E-state index in [4.69, 9.17) is 4.74 Å². The van der Waals surface area contributed by atoms with Crippen LogP contribution in [0, 0.1) is 10.1 Å². The van der Waals surface area contributed by atoms with Crippen LogP contribution in [0.3, 0.4) is 0 Å². The molecule has 1 aromatic rings. The van der Waals surface area contributed by atoms with Gasteiger partial charge in [0.2, 0.25) is 5.91 Å². The smallest absolute Gasteiger partial charge is 0.269 e. The molecule has 0 saturated heterocycles. The average molecular weight is 298 g/mol. The standard InChI is InChI=1S/C13H18N2O4S/c1-10(20-9-13(16)14-6-7-19-2)11-4-3-5-12(8-11)15(17)18/h3-5,8,10H,6-7,9H2,1-2H3,(H,14,16). The number of carbonyl (C=O) groups excluding carboxylic acids is 1. The third-order valence-electron chi connectivity index (χ3n) is 2.64. The van der Waals surface area contributed by atoms with Crippen molar-refractivity contribution in [2.45, 2.75) is 12.2 Å². The van der Waals surface area contributed by atoms with Crippen LogP contribution in [0.4, 0.5) is 5.69 Å². The highest BCUT2D eigenvalue weighted by Gasteiger charge is 2.12. The molecule has 7 heteroatoms. The summed E-state index contributed by atoms with van der Waals surface area (Å²) < 4.78 is 4.84. The Bertz CT molecular complexity index is 467. The van der Waals surface area contributed by atoms with Gasteiger partial charge in [-0.05, 0) is 12.5 Å². The molecule has 0 aliphatic heterocycles. The lowest BCUT2D eigenvalue weighted by Crippen LogP contribution is -2.28. The van der Waals surface area contributed by atoms with Crippen molar-refractivity contribution in [3.05, 3.63) is 39.9 Å². The van der Waals surface area contributed by atoms with Gasteiger partial charge in [-0.25, -0.2) is 0 Å². The van der Waals surface area contributed by atoms with Crippen LogP contribution in [-0.2, 0) is 9.53 Å². The van der Waals surface area contributed by atoms with E-state index in [0.29, 0.717) is 18.9 Å². The van der Waals surface area contributed by atoms with Crippen molar-refractivity contribution < 1.29 is 14.5 Å². The number of nitrogens with one attached hydrogen (secondary N) is 1. The second-order valence-electron chi connectivity index (χ2n) is 4.15. The molecular weight excluding hydrogens is 280 g/mol. The van der Waals surface area contributed by atoms with Crippen molar-refractivity contribution in [1.82, 2.24) is 5.32 Å². The molecule has 0 fully saturated rings. The van der Waals surface area contributed by atoms with Gasteiger partial charge in [-0.2, -0.15) is 0 Å². The minimum absolute atomic E-state index is 0.0167. The van der Waals surface area contributed by atoms with Crippen molar-refractivity contribution in [3.63, 3.8) is 0 Å². The van der Waals surface area contributed by atoms with Crippen molar-refractivity contribution in [1.29, 1.82) is 0 Å². The summed E-state index contributed by atoms with van der Waals surface area (Å²) in [5.41, 5.74) is 0.911.